The number of aliphatic hydroxyl groups is 2. The van der Waals surface area contributed by atoms with Crippen LogP contribution in [0.4, 0.5) is 0 Å². The number of carbonyl (C=O) groups excluding carboxylic acids is 3. The lowest BCUT2D eigenvalue weighted by molar-refractivity contribution is -0.150. The molecule has 0 spiro atoms. The Morgan fingerprint density at radius 2 is 1.33 bits per heavy atom. The molecule has 0 saturated carbocycles. The van der Waals surface area contributed by atoms with E-state index >= 15 is 0 Å². The molecule has 0 heterocycles. The van der Waals surface area contributed by atoms with E-state index < -0.39 is 76.7 Å². The molecule has 0 radical (unpaired) electrons. The number of rotatable bonds is 9. The molecular weight excluding hydrogens is 652 g/mol. The van der Waals surface area contributed by atoms with Gasteiger partial charge in [-0.3, -0.25) is 14.4 Å². The van der Waals surface area contributed by atoms with Crippen molar-refractivity contribution in [3.8, 4) is 23.0 Å². The molecule has 2 aliphatic carbocycles. The minimum atomic E-state index is -2.30. The second-order valence-electron chi connectivity index (χ2n) is 12.7. The third kappa shape index (κ3) is 5.27. The lowest BCUT2D eigenvalue weighted by atomic mass is 9.72. The lowest BCUT2D eigenvalue weighted by Crippen LogP contribution is -2.48. The van der Waals surface area contributed by atoms with Crippen molar-refractivity contribution in [2.75, 3.05) is 20.8 Å². The Morgan fingerprint density at radius 1 is 0.745 bits per heavy atom. The van der Waals surface area contributed by atoms with Crippen LogP contribution in [0.2, 0.25) is 0 Å². The summed E-state index contributed by atoms with van der Waals surface area (Å²) in [4.78, 5) is 41.6. The van der Waals surface area contributed by atoms with E-state index in [9.17, 15) is 34.8 Å². The van der Waals surface area contributed by atoms with Crippen molar-refractivity contribution >= 4 is 17.3 Å². The van der Waals surface area contributed by atoms with E-state index in [1.54, 1.807) is 19.2 Å². The van der Waals surface area contributed by atoms with Gasteiger partial charge in [-0.15, -0.1) is 0 Å². The summed E-state index contributed by atoms with van der Waals surface area (Å²) in [5.74, 6) is -3.06. The van der Waals surface area contributed by atoms with Crippen LogP contribution in [-0.4, -0.2) is 64.2 Å². The van der Waals surface area contributed by atoms with Crippen LogP contribution >= 0.6 is 0 Å². The normalized spacial score (nSPS) is 18.0. The van der Waals surface area contributed by atoms with Crippen LogP contribution in [0.3, 0.4) is 0 Å². The molecule has 0 bridgehead atoms. The van der Waals surface area contributed by atoms with Crippen LogP contribution in [0.5, 0.6) is 23.0 Å². The Kier molecular flexibility index (Phi) is 8.46. The van der Waals surface area contributed by atoms with Crippen molar-refractivity contribution in [2.45, 2.75) is 30.1 Å². The van der Waals surface area contributed by atoms with Gasteiger partial charge in [-0.25, -0.2) is 0 Å². The Hall–Kier alpha value is -5.81. The van der Waals surface area contributed by atoms with E-state index in [2.05, 4.69) is 0 Å². The summed E-state index contributed by atoms with van der Waals surface area (Å²) in [7, 11) is 2.89. The second-order valence-corrected chi connectivity index (χ2v) is 12.7. The number of ketones is 3. The lowest BCUT2D eigenvalue weighted by Gasteiger charge is -2.39. The van der Waals surface area contributed by atoms with E-state index in [1.165, 1.54) is 25.3 Å². The van der Waals surface area contributed by atoms with E-state index in [0.29, 0.717) is 22.4 Å². The average molecular weight is 687 g/mol. The van der Waals surface area contributed by atoms with E-state index in [1.807, 2.05) is 72.8 Å². The highest BCUT2D eigenvalue weighted by molar-refractivity contribution is 6.31. The summed E-state index contributed by atoms with van der Waals surface area (Å²) >= 11 is 0. The molecule has 0 saturated heterocycles. The van der Waals surface area contributed by atoms with Gasteiger partial charge in [0.05, 0.1) is 37.0 Å². The number of phenols is 2. The van der Waals surface area contributed by atoms with Crippen molar-refractivity contribution in [2.24, 2.45) is 0 Å². The molecule has 0 fully saturated rings. The van der Waals surface area contributed by atoms with E-state index in [4.69, 9.17) is 14.2 Å². The molecule has 4 N–H and O–H groups in total. The molecule has 5 aromatic carbocycles. The number of methoxy groups -OCH3 is 2. The van der Waals surface area contributed by atoms with Crippen LogP contribution < -0.4 is 9.47 Å². The zero-order chi connectivity index (χ0) is 36.1. The van der Waals surface area contributed by atoms with Crippen molar-refractivity contribution in [1.82, 2.24) is 0 Å². The highest BCUT2D eigenvalue weighted by Crippen LogP contribution is 2.51. The van der Waals surface area contributed by atoms with Crippen molar-refractivity contribution in [1.29, 1.82) is 0 Å². The number of fused-ring (bicyclic) bond motifs is 3. The van der Waals surface area contributed by atoms with E-state index in [0.717, 1.165) is 0 Å². The summed E-state index contributed by atoms with van der Waals surface area (Å²) in [6.07, 6.45) is -2.86. The maximum absolute atomic E-state index is 14.2. The predicted molar refractivity (Wildman–Crippen MR) is 185 cm³/mol. The third-order valence-corrected chi connectivity index (χ3v) is 9.89. The molecule has 2 unspecified atom stereocenters. The van der Waals surface area contributed by atoms with Crippen LogP contribution in [0.25, 0.3) is 0 Å². The van der Waals surface area contributed by atoms with Crippen LogP contribution in [0, 0.1) is 0 Å². The second kappa shape index (κ2) is 12.8. The van der Waals surface area contributed by atoms with Gasteiger partial charge in [0.2, 0.25) is 5.78 Å². The first kappa shape index (κ1) is 33.7. The van der Waals surface area contributed by atoms with Crippen molar-refractivity contribution in [3.05, 3.63) is 153 Å². The van der Waals surface area contributed by atoms with Crippen LogP contribution in [0.1, 0.15) is 72.2 Å². The summed E-state index contributed by atoms with van der Waals surface area (Å²) in [5.41, 5.74) is -3.14. The van der Waals surface area contributed by atoms with Crippen molar-refractivity contribution in [3.63, 3.8) is 0 Å². The molecule has 0 aromatic heterocycles. The first-order valence-corrected chi connectivity index (χ1v) is 16.3. The quantitative estimate of drug-likeness (QED) is 0.118. The molecule has 258 valence electrons. The number of aliphatic hydroxyl groups excluding tert-OH is 1. The molecule has 7 rings (SSSR count). The SMILES string of the molecule is COc1ccc(C(OCC(=O)C2(O)Cc3c(O)c4c(c(O)c3C(O)C2)C(=O)c2c(OC)cccc2C4=O)(c2ccccc2)c2ccccc2)cc1. The van der Waals surface area contributed by atoms with Gasteiger partial charge < -0.3 is 34.6 Å². The highest BCUT2D eigenvalue weighted by Gasteiger charge is 2.49. The number of Topliss-reactive ketones (excluding diaryl/α,β-unsaturated/α-hetero) is 1. The van der Waals surface area contributed by atoms with Gasteiger partial charge in [0.25, 0.3) is 0 Å². The van der Waals surface area contributed by atoms with Gasteiger partial charge in [0.15, 0.2) is 11.6 Å². The molecular formula is C41H34O10. The minimum Gasteiger partial charge on any atom is -0.507 e. The number of carbonyl (C=O) groups is 3. The fraction of sp³-hybridized carbons (Fsp3) is 0.195. The van der Waals surface area contributed by atoms with Gasteiger partial charge in [-0.05, 0) is 34.9 Å². The Labute approximate surface area is 293 Å². The summed E-state index contributed by atoms with van der Waals surface area (Å²) < 4.78 is 17.3. The number of aromatic hydroxyl groups is 2. The topological polar surface area (TPSA) is 160 Å². The van der Waals surface area contributed by atoms with Gasteiger partial charge in [-0.2, -0.15) is 0 Å². The summed E-state index contributed by atoms with van der Waals surface area (Å²) in [5, 5.41) is 46.2. The van der Waals surface area contributed by atoms with Crippen LogP contribution in [0.15, 0.2) is 103 Å². The first-order valence-electron chi connectivity index (χ1n) is 16.3. The molecule has 0 amide bonds. The molecule has 10 nitrogen and oxygen atoms in total. The van der Waals surface area contributed by atoms with Gasteiger partial charge in [0, 0.05) is 29.5 Å². The molecule has 2 atom stereocenters. The smallest absolute Gasteiger partial charge is 0.202 e. The molecule has 2 aliphatic rings. The third-order valence-electron chi connectivity index (χ3n) is 9.89. The monoisotopic (exact) mass is 686 g/mol. The van der Waals surface area contributed by atoms with Gasteiger partial charge in [-0.1, -0.05) is 84.9 Å². The zero-order valence-corrected chi connectivity index (χ0v) is 27.8. The number of hydrogen-bond acceptors (Lipinski definition) is 10. The van der Waals surface area contributed by atoms with Crippen LogP contribution in [-0.2, 0) is 21.6 Å². The fourth-order valence-electron chi connectivity index (χ4n) is 7.39. The fourth-order valence-corrected chi connectivity index (χ4v) is 7.39. The standard InChI is InChI=1S/C41H34O10/c1-49-26-18-16-25(17-19-26)41(23-10-5-3-6-11-23,24-12-7-4-8-13-24)51-22-31(43)40(48)20-28-32(29(42)21-40)38(46)35-34(37(28)45)36(44)27-14-9-15-30(50-2)33(27)39(35)47/h3-19,29,42,45-46,48H,20-22H2,1-2H3. The molecule has 5 aromatic rings. The largest absolute Gasteiger partial charge is 0.507 e. The Bertz CT molecular complexity index is 2140. The predicted octanol–water partition coefficient (Wildman–Crippen LogP) is 5.18. The van der Waals surface area contributed by atoms with Gasteiger partial charge >= 0.3 is 0 Å². The molecule has 10 heteroatoms. The van der Waals surface area contributed by atoms with Crippen molar-refractivity contribution < 1.29 is 49.0 Å². The number of benzene rings is 5. The first-order chi connectivity index (χ1) is 24.6. The van der Waals surface area contributed by atoms with Gasteiger partial charge in [0.1, 0.15) is 40.8 Å². The summed E-state index contributed by atoms with van der Waals surface area (Å²) in [6, 6.07) is 30.2. The zero-order valence-electron chi connectivity index (χ0n) is 27.8. The Balaban J connectivity index is 1.28. The van der Waals surface area contributed by atoms with E-state index in [-0.39, 0.29) is 28.0 Å². The highest BCUT2D eigenvalue weighted by atomic mass is 16.5. The summed E-state index contributed by atoms with van der Waals surface area (Å²) in [6.45, 7) is -0.642. The maximum atomic E-state index is 14.2. The number of ether oxygens (including phenoxy) is 3. The molecule has 51 heavy (non-hydrogen) atoms. The molecule has 0 aliphatic heterocycles. The number of phenolic OH excluding ortho intramolecular Hbond substituents is 2. The Morgan fingerprint density at radius 3 is 1.92 bits per heavy atom. The number of hydrogen-bond donors (Lipinski definition) is 4. The minimum absolute atomic E-state index is 0.0470. The maximum Gasteiger partial charge on any atom is 0.202 e. The average Bonchev–Trinajstić information content (AvgIpc) is 3.15.